The number of methoxy groups -OCH3 is 1. The number of hydrogen-bond acceptors (Lipinski definition) is 4. The van der Waals surface area contributed by atoms with Crippen LogP contribution in [0.2, 0.25) is 0 Å². The van der Waals surface area contributed by atoms with Gasteiger partial charge in [0.2, 0.25) is 0 Å². The maximum Gasteiger partial charge on any atom is 0.352 e. The number of nitrogens with zero attached hydrogens (tertiary/aromatic N) is 1. The molecule has 0 aliphatic carbocycles. The van der Waals surface area contributed by atoms with Crippen LogP contribution in [0.5, 0.6) is 5.88 Å². The average Bonchev–Trinajstić information content (AvgIpc) is 2.83. The first-order valence-electron chi connectivity index (χ1n) is 4.56. The minimum Gasteiger partial charge on any atom is -0.479 e. The molecule has 0 radical (unpaired) electrons. The normalized spacial score (nSPS) is 10.4. The Morgan fingerprint density at radius 3 is 2.81 bits per heavy atom. The summed E-state index contributed by atoms with van der Waals surface area (Å²) in [7, 11) is 1.48. The molecular formula is C10H10N2O4. The van der Waals surface area contributed by atoms with E-state index in [1.807, 2.05) is 0 Å². The minimum atomic E-state index is -1.00. The molecule has 0 amide bonds. The van der Waals surface area contributed by atoms with E-state index in [9.17, 15) is 4.79 Å². The van der Waals surface area contributed by atoms with Gasteiger partial charge in [0, 0.05) is 0 Å². The molecule has 2 aromatic rings. The van der Waals surface area contributed by atoms with Gasteiger partial charge in [0.15, 0.2) is 5.76 Å². The standard InChI is InChI=1S/C10H10N2O4/c1-5-3-6(11-9(5)10(13)14)7-4-8(15-2)12-16-7/h3-4,11H,1-2H3,(H,13,14). The summed E-state index contributed by atoms with van der Waals surface area (Å²) in [5.41, 5.74) is 1.34. The van der Waals surface area contributed by atoms with Crippen molar-refractivity contribution in [2.45, 2.75) is 6.92 Å². The Morgan fingerprint density at radius 2 is 2.31 bits per heavy atom. The molecule has 0 saturated carbocycles. The zero-order chi connectivity index (χ0) is 11.7. The average molecular weight is 222 g/mol. The van der Waals surface area contributed by atoms with Crippen LogP contribution >= 0.6 is 0 Å². The van der Waals surface area contributed by atoms with Gasteiger partial charge in [0.1, 0.15) is 5.69 Å². The number of aromatic nitrogens is 2. The third-order valence-corrected chi connectivity index (χ3v) is 2.19. The van der Waals surface area contributed by atoms with Crippen molar-refractivity contribution in [1.82, 2.24) is 10.1 Å². The van der Waals surface area contributed by atoms with E-state index in [-0.39, 0.29) is 5.69 Å². The van der Waals surface area contributed by atoms with Crippen molar-refractivity contribution in [3.63, 3.8) is 0 Å². The number of H-pyrrole nitrogens is 1. The molecule has 0 bridgehead atoms. The minimum absolute atomic E-state index is 0.144. The summed E-state index contributed by atoms with van der Waals surface area (Å²) in [4.78, 5) is 13.6. The highest BCUT2D eigenvalue weighted by Crippen LogP contribution is 2.24. The van der Waals surface area contributed by atoms with E-state index in [1.165, 1.54) is 7.11 Å². The van der Waals surface area contributed by atoms with Crippen LogP contribution in [0, 0.1) is 6.92 Å². The Morgan fingerprint density at radius 1 is 1.56 bits per heavy atom. The summed E-state index contributed by atoms with van der Waals surface area (Å²) in [5.74, 6) is -0.221. The lowest BCUT2D eigenvalue weighted by molar-refractivity contribution is 0.0690. The van der Waals surface area contributed by atoms with Crippen molar-refractivity contribution in [2.24, 2.45) is 0 Å². The van der Waals surface area contributed by atoms with Crippen LogP contribution < -0.4 is 4.74 Å². The van der Waals surface area contributed by atoms with E-state index in [2.05, 4.69) is 10.1 Å². The highest BCUT2D eigenvalue weighted by molar-refractivity contribution is 5.88. The second-order valence-electron chi connectivity index (χ2n) is 3.28. The number of carboxylic acid groups (broad SMARTS) is 1. The molecule has 0 aliphatic rings. The van der Waals surface area contributed by atoms with E-state index in [0.29, 0.717) is 22.9 Å². The lowest BCUT2D eigenvalue weighted by Crippen LogP contribution is -1.98. The van der Waals surface area contributed by atoms with Crippen molar-refractivity contribution < 1.29 is 19.2 Å². The van der Waals surface area contributed by atoms with Gasteiger partial charge < -0.3 is 19.4 Å². The highest BCUT2D eigenvalue weighted by atomic mass is 16.5. The van der Waals surface area contributed by atoms with Gasteiger partial charge in [-0.15, -0.1) is 0 Å². The maximum absolute atomic E-state index is 10.8. The third kappa shape index (κ3) is 1.65. The Labute approximate surface area is 90.8 Å². The summed E-state index contributed by atoms with van der Waals surface area (Å²) >= 11 is 0. The summed E-state index contributed by atoms with van der Waals surface area (Å²) in [5, 5.41) is 12.5. The van der Waals surface area contributed by atoms with Gasteiger partial charge in [0.25, 0.3) is 5.88 Å². The Balaban J connectivity index is 2.41. The molecule has 0 unspecified atom stereocenters. The largest absolute Gasteiger partial charge is 0.479 e. The number of aromatic amines is 1. The number of nitrogens with one attached hydrogen (secondary N) is 1. The fourth-order valence-electron chi connectivity index (χ4n) is 1.40. The second-order valence-corrected chi connectivity index (χ2v) is 3.28. The Kier molecular flexibility index (Phi) is 2.40. The van der Waals surface area contributed by atoms with E-state index < -0.39 is 5.97 Å². The first-order chi connectivity index (χ1) is 7.61. The molecule has 0 aromatic carbocycles. The molecule has 0 aliphatic heterocycles. The van der Waals surface area contributed by atoms with Crippen molar-refractivity contribution in [3.05, 3.63) is 23.4 Å². The molecule has 16 heavy (non-hydrogen) atoms. The Bertz CT molecular complexity index is 527. The maximum atomic E-state index is 10.8. The van der Waals surface area contributed by atoms with Gasteiger partial charge >= 0.3 is 5.97 Å². The fraction of sp³-hybridized carbons (Fsp3) is 0.200. The van der Waals surface area contributed by atoms with Gasteiger partial charge in [-0.3, -0.25) is 0 Å². The van der Waals surface area contributed by atoms with Crippen LogP contribution in [-0.4, -0.2) is 28.3 Å². The van der Waals surface area contributed by atoms with Crippen LogP contribution in [-0.2, 0) is 0 Å². The molecule has 6 heteroatoms. The predicted molar refractivity (Wildman–Crippen MR) is 54.5 cm³/mol. The Hall–Kier alpha value is -2.24. The molecule has 2 heterocycles. The van der Waals surface area contributed by atoms with Gasteiger partial charge in [-0.25, -0.2) is 4.79 Å². The van der Waals surface area contributed by atoms with Crippen molar-refractivity contribution in [1.29, 1.82) is 0 Å². The number of aromatic carboxylic acids is 1. The lowest BCUT2D eigenvalue weighted by Gasteiger charge is -1.89. The molecule has 84 valence electrons. The van der Waals surface area contributed by atoms with Gasteiger partial charge in [-0.05, 0) is 23.7 Å². The monoisotopic (exact) mass is 222 g/mol. The molecule has 2 N–H and O–H groups in total. The number of rotatable bonds is 3. The molecular weight excluding hydrogens is 212 g/mol. The lowest BCUT2D eigenvalue weighted by atomic mass is 10.2. The van der Waals surface area contributed by atoms with Crippen LogP contribution in [0.4, 0.5) is 0 Å². The molecule has 0 fully saturated rings. The van der Waals surface area contributed by atoms with E-state index in [0.717, 1.165) is 0 Å². The van der Waals surface area contributed by atoms with Crippen molar-refractivity contribution >= 4 is 5.97 Å². The number of carbonyl (C=O) groups is 1. The zero-order valence-electron chi connectivity index (χ0n) is 8.77. The summed E-state index contributed by atoms with van der Waals surface area (Å²) < 4.78 is 9.86. The number of aryl methyl sites for hydroxylation is 1. The molecule has 2 aromatic heterocycles. The molecule has 2 rings (SSSR count). The molecule has 0 spiro atoms. The molecule has 0 saturated heterocycles. The topological polar surface area (TPSA) is 88.4 Å². The van der Waals surface area contributed by atoms with Crippen LogP contribution in [0.3, 0.4) is 0 Å². The van der Waals surface area contributed by atoms with Gasteiger partial charge in [-0.1, -0.05) is 0 Å². The number of carboxylic acids is 1. The van der Waals surface area contributed by atoms with Gasteiger partial charge in [0.05, 0.1) is 18.9 Å². The summed E-state index contributed by atoms with van der Waals surface area (Å²) in [6.45, 7) is 1.71. The molecule has 6 nitrogen and oxygen atoms in total. The number of hydrogen-bond donors (Lipinski definition) is 2. The third-order valence-electron chi connectivity index (χ3n) is 2.19. The highest BCUT2D eigenvalue weighted by Gasteiger charge is 2.15. The number of ether oxygens (including phenoxy) is 1. The van der Waals surface area contributed by atoms with E-state index in [1.54, 1.807) is 19.1 Å². The second kappa shape index (κ2) is 3.73. The van der Waals surface area contributed by atoms with Crippen LogP contribution in [0.25, 0.3) is 11.5 Å². The van der Waals surface area contributed by atoms with Gasteiger partial charge in [-0.2, -0.15) is 0 Å². The van der Waals surface area contributed by atoms with Crippen LogP contribution in [0.1, 0.15) is 16.1 Å². The van der Waals surface area contributed by atoms with E-state index >= 15 is 0 Å². The first-order valence-corrected chi connectivity index (χ1v) is 4.56. The van der Waals surface area contributed by atoms with Crippen LogP contribution in [0.15, 0.2) is 16.7 Å². The SMILES string of the molecule is COc1cc(-c2cc(C)c(C(=O)O)[nH]2)on1. The first kappa shape index (κ1) is 10.3. The summed E-state index contributed by atoms with van der Waals surface area (Å²) in [6.07, 6.45) is 0. The van der Waals surface area contributed by atoms with E-state index in [4.69, 9.17) is 14.4 Å². The predicted octanol–water partition coefficient (Wildman–Crippen LogP) is 1.68. The smallest absolute Gasteiger partial charge is 0.352 e. The summed E-state index contributed by atoms with van der Waals surface area (Å²) in [6, 6.07) is 3.26. The van der Waals surface area contributed by atoms with Crippen molar-refractivity contribution in [3.8, 4) is 17.3 Å². The quantitative estimate of drug-likeness (QED) is 0.824. The zero-order valence-corrected chi connectivity index (χ0v) is 8.77. The molecule has 0 atom stereocenters. The fourth-order valence-corrected chi connectivity index (χ4v) is 1.40. The van der Waals surface area contributed by atoms with Crippen molar-refractivity contribution in [2.75, 3.05) is 7.11 Å².